The quantitative estimate of drug-likeness (QED) is 0.594. The average molecular weight is 523 g/mol. The highest BCUT2D eigenvalue weighted by Crippen LogP contribution is 2.37. The van der Waals surface area contributed by atoms with Gasteiger partial charge in [-0.1, -0.05) is 24.6 Å². The molecule has 0 radical (unpaired) electrons. The molecule has 0 aliphatic carbocycles. The van der Waals surface area contributed by atoms with Gasteiger partial charge in [-0.05, 0) is 36.6 Å². The summed E-state index contributed by atoms with van der Waals surface area (Å²) in [6, 6.07) is 7.36. The van der Waals surface area contributed by atoms with Crippen LogP contribution in [0.25, 0.3) is 0 Å². The lowest BCUT2D eigenvalue weighted by Gasteiger charge is -2.34. The van der Waals surface area contributed by atoms with E-state index in [1.165, 1.54) is 37.4 Å². The van der Waals surface area contributed by atoms with Crippen molar-refractivity contribution >= 4 is 44.8 Å². The van der Waals surface area contributed by atoms with Crippen LogP contribution in [-0.4, -0.2) is 67.6 Å². The Kier molecular flexibility index (Phi) is 7.20. The van der Waals surface area contributed by atoms with Crippen LogP contribution in [-0.2, 0) is 19.6 Å². The Balaban J connectivity index is 1.59. The monoisotopic (exact) mass is 522 g/mol. The molecule has 4 rings (SSSR count). The van der Waals surface area contributed by atoms with Crippen molar-refractivity contribution in [1.29, 1.82) is 0 Å². The smallest absolute Gasteiger partial charge is 0.264 e. The summed E-state index contributed by atoms with van der Waals surface area (Å²) in [7, 11) is -4.06. The lowest BCUT2D eigenvalue weighted by molar-refractivity contribution is -0.128. The molecule has 188 valence electrons. The van der Waals surface area contributed by atoms with Gasteiger partial charge < -0.3 is 20.1 Å². The first-order valence-corrected chi connectivity index (χ1v) is 13.0. The van der Waals surface area contributed by atoms with E-state index in [1.54, 1.807) is 17.9 Å². The number of ether oxygens (including phenoxy) is 1. The maximum Gasteiger partial charge on any atom is 0.264 e. The molecule has 12 heteroatoms. The molecule has 35 heavy (non-hydrogen) atoms. The van der Waals surface area contributed by atoms with E-state index < -0.39 is 22.7 Å². The lowest BCUT2D eigenvalue weighted by Crippen LogP contribution is -2.45. The van der Waals surface area contributed by atoms with Crippen LogP contribution >= 0.6 is 11.6 Å². The number of sulfonamides is 1. The molecule has 1 saturated heterocycles. The SMILES string of the molecule is CC(=O)N1CCC(C(C)C(=O)Nc2cnc3c(c2)N(S(=O)(=O)c2cccc(Cl)c2)CC(CO)O3)C1. The van der Waals surface area contributed by atoms with Gasteiger partial charge in [-0.15, -0.1) is 0 Å². The van der Waals surface area contributed by atoms with Crippen molar-refractivity contribution < 1.29 is 27.9 Å². The second kappa shape index (κ2) is 10.00. The second-order valence-corrected chi connectivity index (χ2v) is 11.1. The summed E-state index contributed by atoms with van der Waals surface area (Å²) in [6.07, 6.45) is 1.30. The first-order valence-electron chi connectivity index (χ1n) is 11.2. The minimum absolute atomic E-state index is 0.0128. The number of pyridine rings is 1. The number of halogens is 1. The number of carbonyl (C=O) groups is 2. The van der Waals surface area contributed by atoms with Crippen LogP contribution in [0.15, 0.2) is 41.4 Å². The Morgan fingerprint density at radius 3 is 2.74 bits per heavy atom. The van der Waals surface area contributed by atoms with Crippen LogP contribution in [0.5, 0.6) is 5.88 Å². The van der Waals surface area contributed by atoms with Gasteiger partial charge >= 0.3 is 0 Å². The molecule has 1 fully saturated rings. The van der Waals surface area contributed by atoms with E-state index in [9.17, 15) is 23.1 Å². The maximum atomic E-state index is 13.4. The van der Waals surface area contributed by atoms with Gasteiger partial charge in [-0.3, -0.25) is 13.9 Å². The first-order chi connectivity index (χ1) is 16.6. The fourth-order valence-electron chi connectivity index (χ4n) is 4.29. The molecule has 3 atom stereocenters. The summed E-state index contributed by atoms with van der Waals surface area (Å²) in [5.41, 5.74) is 0.447. The lowest BCUT2D eigenvalue weighted by atomic mass is 9.92. The molecule has 2 amide bonds. The number of anilines is 2. The van der Waals surface area contributed by atoms with Crippen LogP contribution in [0.1, 0.15) is 20.3 Å². The van der Waals surface area contributed by atoms with Gasteiger partial charge in [0.25, 0.3) is 10.0 Å². The van der Waals surface area contributed by atoms with Gasteiger partial charge in [0.15, 0.2) is 0 Å². The summed E-state index contributed by atoms with van der Waals surface area (Å²) in [6.45, 7) is 3.92. The van der Waals surface area contributed by atoms with Crippen LogP contribution in [0.3, 0.4) is 0 Å². The topological polar surface area (TPSA) is 129 Å². The third-order valence-corrected chi connectivity index (χ3v) is 8.41. The number of hydrogen-bond acceptors (Lipinski definition) is 7. The van der Waals surface area contributed by atoms with Gasteiger partial charge in [0.05, 0.1) is 29.9 Å². The van der Waals surface area contributed by atoms with Crippen LogP contribution in [0.4, 0.5) is 11.4 Å². The van der Waals surface area contributed by atoms with Crippen molar-refractivity contribution in [2.45, 2.75) is 31.3 Å². The van der Waals surface area contributed by atoms with Gasteiger partial charge in [0.1, 0.15) is 11.8 Å². The number of carbonyl (C=O) groups excluding carboxylic acids is 2. The zero-order valence-electron chi connectivity index (χ0n) is 19.3. The predicted octanol–water partition coefficient (Wildman–Crippen LogP) is 2.13. The summed E-state index contributed by atoms with van der Waals surface area (Å²) in [4.78, 5) is 30.5. The molecule has 3 heterocycles. The minimum atomic E-state index is -4.06. The Morgan fingerprint density at radius 1 is 1.31 bits per heavy atom. The van der Waals surface area contributed by atoms with Crippen molar-refractivity contribution in [3.63, 3.8) is 0 Å². The molecule has 2 N–H and O–H groups in total. The van der Waals surface area contributed by atoms with Crippen LogP contribution < -0.4 is 14.4 Å². The third-order valence-electron chi connectivity index (χ3n) is 6.39. The van der Waals surface area contributed by atoms with Crippen molar-refractivity contribution in [2.24, 2.45) is 11.8 Å². The molecular weight excluding hydrogens is 496 g/mol. The van der Waals surface area contributed by atoms with Gasteiger partial charge in [-0.25, -0.2) is 13.4 Å². The van der Waals surface area contributed by atoms with Crippen molar-refractivity contribution in [1.82, 2.24) is 9.88 Å². The van der Waals surface area contributed by atoms with E-state index in [2.05, 4.69) is 10.3 Å². The van der Waals surface area contributed by atoms with Crippen LogP contribution in [0.2, 0.25) is 5.02 Å². The van der Waals surface area contributed by atoms with E-state index in [4.69, 9.17) is 16.3 Å². The zero-order valence-corrected chi connectivity index (χ0v) is 20.9. The number of rotatable bonds is 6. The highest BCUT2D eigenvalue weighted by Gasteiger charge is 2.36. The minimum Gasteiger partial charge on any atom is -0.468 e. The fraction of sp³-hybridized carbons (Fsp3) is 0.435. The normalized spacial score (nSPS) is 20.7. The number of hydrogen-bond donors (Lipinski definition) is 2. The number of aromatic nitrogens is 1. The summed E-state index contributed by atoms with van der Waals surface area (Å²) >= 11 is 6.01. The van der Waals surface area contributed by atoms with E-state index in [0.717, 1.165) is 10.7 Å². The molecule has 2 aliphatic heterocycles. The van der Waals surface area contributed by atoms with Crippen molar-refractivity contribution in [2.75, 3.05) is 35.9 Å². The van der Waals surface area contributed by atoms with Gasteiger partial charge in [0, 0.05) is 31.0 Å². The Hall–Kier alpha value is -2.89. The predicted molar refractivity (Wildman–Crippen MR) is 130 cm³/mol. The van der Waals surface area contributed by atoms with E-state index in [0.29, 0.717) is 18.8 Å². The summed E-state index contributed by atoms with van der Waals surface area (Å²) < 4.78 is 33.6. The fourth-order valence-corrected chi connectivity index (χ4v) is 6.07. The van der Waals surface area contributed by atoms with Gasteiger partial charge in [-0.2, -0.15) is 0 Å². The number of nitrogens with zero attached hydrogens (tertiary/aromatic N) is 3. The standard InChI is InChI=1S/C23H27ClN4O6S/c1-14(16-6-7-27(11-16)15(2)30)22(31)26-18-9-21-23(25-10-18)34-19(13-29)12-28(21)35(32,33)20-5-3-4-17(24)8-20/h3-5,8-10,14,16,19,29H,6-7,11-13H2,1-2H3,(H,26,31). The third kappa shape index (κ3) is 5.21. The Labute approximate surface area is 208 Å². The van der Waals surface area contributed by atoms with Gasteiger partial charge in [0.2, 0.25) is 17.7 Å². The van der Waals surface area contributed by atoms with Crippen LogP contribution in [0, 0.1) is 11.8 Å². The molecule has 0 spiro atoms. The molecule has 3 unspecified atom stereocenters. The molecule has 2 aromatic rings. The number of amides is 2. The molecule has 0 bridgehead atoms. The summed E-state index contributed by atoms with van der Waals surface area (Å²) in [5, 5.41) is 12.7. The zero-order chi connectivity index (χ0) is 25.3. The number of likely N-dealkylation sites (tertiary alicyclic amines) is 1. The number of benzene rings is 1. The second-order valence-electron chi connectivity index (χ2n) is 8.76. The van der Waals surface area contributed by atoms with Crippen molar-refractivity contribution in [3.05, 3.63) is 41.6 Å². The Bertz CT molecular complexity index is 1240. The van der Waals surface area contributed by atoms with E-state index in [1.807, 2.05) is 0 Å². The molecule has 1 aromatic carbocycles. The maximum absolute atomic E-state index is 13.4. The molecule has 2 aliphatic rings. The largest absolute Gasteiger partial charge is 0.468 e. The molecular formula is C23H27ClN4O6S. The highest BCUT2D eigenvalue weighted by atomic mass is 35.5. The van der Waals surface area contributed by atoms with E-state index >= 15 is 0 Å². The molecule has 10 nitrogen and oxygen atoms in total. The summed E-state index contributed by atoms with van der Waals surface area (Å²) in [5.74, 6) is -0.577. The molecule has 1 aromatic heterocycles. The first kappa shape index (κ1) is 25.2. The highest BCUT2D eigenvalue weighted by molar-refractivity contribution is 7.92. The molecule has 0 saturated carbocycles. The Morgan fingerprint density at radius 2 is 2.09 bits per heavy atom. The van der Waals surface area contributed by atoms with E-state index in [-0.39, 0.29) is 51.7 Å². The number of aliphatic hydroxyl groups excluding tert-OH is 1. The average Bonchev–Trinajstić information content (AvgIpc) is 3.33. The number of fused-ring (bicyclic) bond motifs is 1. The van der Waals surface area contributed by atoms with Crippen molar-refractivity contribution in [3.8, 4) is 5.88 Å². The number of aliphatic hydroxyl groups is 1. The number of nitrogens with one attached hydrogen (secondary N) is 1.